The highest BCUT2D eigenvalue weighted by molar-refractivity contribution is 5.49. The van der Waals surface area contributed by atoms with E-state index >= 15 is 0 Å². The minimum atomic E-state index is -0.136. The monoisotopic (exact) mass is 245 g/mol. The molecule has 0 atom stereocenters. The maximum Gasteiger partial charge on any atom is 0.294 e. The van der Waals surface area contributed by atoms with E-state index in [0.717, 1.165) is 28.9 Å². The summed E-state index contributed by atoms with van der Waals surface area (Å²) >= 11 is 0. The van der Waals surface area contributed by atoms with Crippen molar-refractivity contribution in [3.8, 4) is 5.69 Å². The number of aryl methyl sites for hydroxylation is 1. The predicted octanol–water partition coefficient (Wildman–Crippen LogP) is 1.94. The van der Waals surface area contributed by atoms with Crippen molar-refractivity contribution in [1.29, 1.82) is 0 Å². The number of anilines is 1. The van der Waals surface area contributed by atoms with Gasteiger partial charge in [-0.25, -0.2) is 4.68 Å². The van der Waals surface area contributed by atoms with E-state index < -0.39 is 0 Å². The van der Waals surface area contributed by atoms with Gasteiger partial charge in [-0.1, -0.05) is 19.1 Å². The Kier molecular flexibility index (Phi) is 3.03. The molecule has 1 aromatic carbocycles. The van der Waals surface area contributed by atoms with Gasteiger partial charge < -0.3 is 5.73 Å². The molecule has 0 saturated carbocycles. The summed E-state index contributed by atoms with van der Waals surface area (Å²) in [5.74, 6) is 0. The second-order valence-corrected chi connectivity index (χ2v) is 4.57. The van der Waals surface area contributed by atoms with E-state index in [1.165, 1.54) is 0 Å². The molecule has 18 heavy (non-hydrogen) atoms. The molecule has 0 bridgehead atoms. The van der Waals surface area contributed by atoms with E-state index in [0.29, 0.717) is 5.69 Å². The van der Waals surface area contributed by atoms with E-state index in [1.54, 1.807) is 4.68 Å². The number of nitrogens with two attached hydrogens (primary N) is 1. The van der Waals surface area contributed by atoms with Gasteiger partial charge in [-0.2, -0.15) is 0 Å². The SMILES string of the molecule is CCc1c(N)c(=O)n(-c2cccc(C)c2C)n1C. The van der Waals surface area contributed by atoms with E-state index in [4.69, 9.17) is 5.73 Å². The van der Waals surface area contributed by atoms with Crippen molar-refractivity contribution in [3.05, 3.63) is 45.4 Å². The summed E-state index contributed by atoms with van der Waals surface area (Å²) < 4.78 is 3.50. The Bertz CT molecular complexity index is 650. The van der Waals surface area contributed by atoms with Crippen LogP contribution in [-0.4, -0.2) is 9.36 Å². The van der Waals surface area contributed by atoms with Crippen molar-refractivity contribution in [2.75, 3.05) is 5.73 Å². The molecule has 2 N–H and O–H groups in total. The Morgan fingerprint density at radius 2 is 1.94 bits per heavy atom. The minimum absolute atomic E-state index is 0.136. The maximum atomic E-state index is 12.3. The van der Waals surface area contributed by atoms with Gasteiger partial charge in [-0.15, -0.1) is 0 Å². The lowest BCUT2D eigenvalue weighted by Gasteiger charge is -2.13. The fraction of sp³-hybridized carbons (Fsp3) is 0.357. The zero-order valence-corrected chi connectivity index (χ0v) is 11.3. The lowest BCUT2D eigenvalue weighted by Crippen LogP contribution is -2.21. The van der Waals surface area contributed by atoms with Gasteiger partial charge >= 0.3 is 0 Å². The summed E-state index contributed by atoms with van der Waals surface area (Å²) in [6.45, 7) is 6.06. The molecule has 0 unspecified atom stereocenters. The second-order valence-electron chi connectivity index (χ2n) is 4.57. The van der Waals surface area contributed by atoms with Crippen LogP contribution in [0.25, 0.3) is 5.69 Å². The van der Waals surface area contributed by atoms with Crippen LogP contribution in [0.3, 0.4) is 0 Å². The van der Waals surface area contributed by atoms with E-state index in [9.17, 15) is 4.79 Å². The normalized spacial score (nSPS) is 10.9. The van der Waals surface area contributed by atoms with Crippen LogP contribution >= 0.6 is 0 Å². The number of aromatic nitrogens is 2. The Balaban J connectivity index is 2.80. The quantitative estimate of drug-likeness (QED) is 0.879. The van der Waals surface area contributed by atoms with E-state index in [1.807, 2.05) is 50.7 Å². The van der Waals surface area contributed by atoms with Crippen LogP contribution in [0.5, 0.6) is 0 Å². The first kappa shape index (κ1) is 12.5. The highest BCUT2D eigenvalue weighted by atomic mass is 16.1. The average Bonchev–Trinajstić information content (AvgIpc) is 2.55. The van der Waals surface area contributed by atoms with Gasteiger partial charge in [-0.05, 0) is 37.5 Å². The number of nitrogen functional groups attached to an aromatic ring is 1. The summed E-state index contributed by atoms with van der Waals surface area (Å²) in [6, 6.07) is 5.94. The molecule has 2 aromatic rings. The molecule has 1 aromatic heterocycles. The molecule has 4 nitrogen and oxygen atoms in total. The first-order valence-corrected chi connectivity index (χ1v) is 6.12. The average molecular weight is 245 g/mol. The van der Waals surface area contributed by atoms with Crippen molar-refractivity contribution >= 4 is 5.69 Å². The molecular weight excluding hydrogens is 226 g/mol. The summed E-state index contributed by atoms with van der Waals surface area (Å²) in [6.07, 6.45) is 0.745. The molecule has 0 saturated heterocycles. The van der Waals surface area contributed by atoms with E-state index in [2.05, 4.69) is 0 Å². The smallest absolute Gasteiger partial charge is 0.294 e. The van der Waals surface area contributed by atoms with E-state index in [-0.39, 0.29) is 5.56 Å². The fourth-order valence-corrected chi connectivity index (χ4v) is 2.32. The standard InChI is InChI=1S/C14H19N3O/c1-5-11-13(15)14(18)17(16(11)4)12-8-6-7-9(2)10(12)3/h6-8H,5,15H2,1-4H3. The zero-order chi connectivity index (χ0) is 13.4. The van der Waals surface area contributed by atoms with Crippen LogP contribution in [0, 0.1) is 13.8 Å². The highest BCUT2D eigenvalue weighted by Gasteiger charge is 2.16. The molecule has 0 radical (unpaired) electrons. The van der Waals surface area contributed by atoms with Gasteiger partial charge in [-0.3, -0.25) is 9.48 Å². The third-order valence-corrected chi connectivity index (χ3v) is 3.56. The van der Waals surface area contributed by atoms with Gasteiger partial charge in [0.25, 0.3) is 5.56 Å². The predicted molar refractivity (Wildman–Crippen MR) is 74.3 cm³/mol. The van der Waals surface area contributed by atoms with Crippen molar-refractivity contribution in [1.82, 2.24) is 9.36 Å². The van der Waals surface area contributed by atoms with Crippen molar-refractivity contribution < 1.29 is 0 Å². The van der Waals surface area contributed by atoms with Crippen molar-refractivity contribution in [2.24, 2.45) is 7.05 Å². The van der Waals surface area contributed by atoms with Crippen LogP contribution in [-0.2, 0) is 13.5 Å². The molecule has 1 heterocycles. The molecule has 96 valence electrons. The summed E-state index contributed by atoms with van der Waals surface area (Å²) in [7, 11) is 1.87. The zero-order valence-electron chi connectivity index (χ0n) is 11.3. The van der Waals surface area contributed by atoms with Gasteiger partial charge in [0.05, 0.1) is 11.4 Å². The largest absolute Gasteiger partial charge is 0.393 e. The minimum Gasteiger partial charge on any atom is -0.393 e. The van der Waals surface area contributed by atoms with Gasteiger partial charge in [0.15, 0.2) is 0 Å². The Morgan fingerprint density at radius 3 is 2.50 bits per heavy atom. The number of hydrogen-bond donors (Lipinski definition) is 1. The number of rotatable bonds is 2. The molecule has 0 aliphatic heterocycles. The first-order chi connectivity index (χ1) is 8.49. The van der Waals surface area contributed by atoms with Crippen LogP contribution in [0.2, 0.25) is 0 Å². The summed E-state index contributed by atoms with van der Waals surface area (Å²) in [5, 5.41) is 0. The van der Waals surface area contributed by atoms with Gasteiger partial charge in [0.1, 0.15) is 5.69 Å². The lowest BCUT2D eigenvalue weighted by molar-refractivity contribution is 0.616. The van der Waals surface area contributed by atoms with Crippen molar-refractivity contribution in [2.45, 2.75) is 27.2 Å². The third kappa shape index (κ3) is 1.65. The molecule has 2 rings (SSSR count). The van der Waals surface area contributed by atoms with Crippen LogP contribution in [0.15, 0.2) is 23.0 Å². The molecule has 4 heteroatoms. The molecule has 0 aliphatic carbocycles. The summed E-state index contributed by atoms with van der Waals surface area (Å²) in [5.41, 5.74) is 10.1. The molecular formula is C14H19N3O. The number of benzene rings is 1. The Labute approximate surface area is 107 Å². The van der Waals surface area contributed by atoms with Crippen LogP contribution < -0.4 is 11.3 Å². The molecule has 0 aliphatic rings. The molecule has 0 amide bonds. The second kappa shape index (κ2) is 4.37. The molecule has 0 spiro atoms. The number of nitrogens with zero attached hydrogens (tertiary/aromatic N) is 2. The Hall–Kier alpha value is -1.97. The topological polar surface area (TPSA) is 53.0 Å². The first-order valence-electron chi connectivity index (χ1n) is 6.12. The van der Waals surface area contributed by atoms with Crippen LogP contribution in [0.1, 0.15) is 23.7 Å². The third-order valence-electron chi connectivity index (χ3n) is 3.56. The van der Waals surface area contributed by atoms with Crippen molar-refractivity contribution in [3.63, 3.8) is 0 Å². The van der Waals surface area contributed by atoms with Gasteiger partial charge in [0.2, 0.25) is 0 Å². The lowest BCUT2D eigenvalue weighted by atomic mass is 10.1. The molecule has 0 fully saturated rings. The highest BCUT2D eigenvalue weighted by Crippen LogP contribution is 2.18. The summed E-state index contributed by atoms with van der Waals surface area (Å²) in [4.78, 5) is 12.3. The fourth-order valence-electron chi connectivity index (χ4n) is 2.32. The Morgan fingerprint density at radius 1 is 1.28 bits per heavy atom. The number of hydrogen-bond acceptors (Lipinski definition) is 2. The van der Waals surface area contributed by atoms with Gasteiger partial charge in [0, 0.05) is 7.05 Å². The maximum absolute atomic E-state index is 12.3. The van der Waals surface area contributed by atoms with Crippen LogP contribution in [0.4, 0.5) is 5.69 Å².